The normalized spacial score (nSPS) is 18.8. The minimum Gasteiger partial charge on any atom is -0.351 e. The van der Waals surface area contributed by atoms with E-state index in [2.05, 4.69) is 21.8 Å². The third-order valence-electron chi connectivity index (χ3n) is 7.49. The van der Waals surface area contributed by atoms with Gasteiger partial charge in [0.15, 0.2) is 0 Å². The van der Waals surface area contributed by atoms with Crippen LogP contribution in [0.15, 0.2) is 42.9 Å². The summed E-state index contributed by atoms with van der Waals surface area (Å²) in [6, 6.07) is 9.34. The summed E-state index contributed by atoms with van der Waals surface area (Å²) in [4.78, 5) is 14.3. The molecule has 3 aromatic rings. The van der Waals surface area contributed by atoms with Crippen molar-refractivity contribution in [3.63, 3.8) is 0 Å². The lowest BCUT2D eigenvalue weighted by Crippen LogP contribution is -2.28. The number of imidazole rings is 1. The van der Waals surface area contributed by atoms with Crippen LogP contribution in [0.25, 0.3) is 22.6 Å². The highest BCUT2D eigenvalue weighted by atomic mass is 19.1. The first-order chi connectivity index (χ1) is 16.2. The fourth-order valence-electron chi connectivity index (χ4n) is 5.59. The number of hydrogen-bond acceptors (Lipinski definition) is 4. The topological polar surface area (TPSA) is 55.6 Å². The number of aromatic nitrogens is 4. The first kappa shape index (κ1) is 22.1. The predicted molar refractivity (Wildman–Crippen MR) is 130 cm³/mol. The molecule has 0 radical (unpaired) electrons. The maximum absolute atomic E-state index is 13.6. The van der Waals surface area contributed by atoms with Gasteiger partial charge in [-0.15, -0.1) is 0 Å². The Kier molecular flexibility index (Phi) is 6.70. The van der Waals surface area contributed by atoms with Crippen molar-refractivity contribution in [1.29, 1.82) is 0 Å². The van der Waals surface area contributed by atoms with E-state index in [-0.39, 0.29) is 5.82 Å². The zero-order valence-corrected chi connectivity index (χ0v) is 19.5. The molecule has 5 rings (SSSR count). The van der Waals surface area contributed by atoms with Crippen molar-refractivity contribution < 1.29 is 4.39 Å². The average Bonchev–Trinajstić information content (AvgIpc) is 3.31. The molecule has 0 bridgehead atoms. The highest BCUT2D eigenvalue weighted by molar-refractivity contribution is 5.77. The van der Waals surface area contributed by atoms with Crippen LogP contribution in [-0.2, 0) is 0 Å². The lowest BCUT2D eigenvalue weighted by Gasteiger charge is -2.28. The van der Waals surface area contributed by atoms with Gasteiger partial charge in [-0.2, -0.15) is 0 Å². The lowest BCUT2D eigenvalue weighted by molar-refractivity contribution is 0.327. The van der Waals surface area contributed by atoms with Crippen LogP contribution in [0.2, 0.25) is 0 Å². The molecular formula is C27H34FN5. The first-order valence-electron chi connectivity index (χ1n) is 12.6. The lowest BCUT2D eigenvalue weighted by atomic mass is 9.85. The first-order valence-corrected chi connectivity index (χ1v) is 12.6. The molecule has 0 spiro atoms. The summed E-state index contributed by atoms with van der Waals surface area (Å²) in [5, 5.41) is 3.58. The molecule has 1 atom stereocenters. The summed E-state index contributed by atoms with van der Waals surface area (Å²) in [7, 11) is 0. The van der Waals surface area contributed by atoms with Gasteiger partial charge in [-0.3, -0.25) is 0 Å². The van der Waals surface area contributed by atoms with Crippen LogP contribution in [0.5, 0.6) is 0 Å². The number of nitrogens with one attached hydrogen (secondary N) is 1. The second kappa shape index (κ2) is 10.0. The average molecular weight is 448 g/mol. The number of benzene rings is 1. The smallest absolute Gasteiger partial charge is 0.223 e. The molecule has 2 aliphatic carbocycles. The largest absolute Gasteiger partial charge is 0.351 e. The third-order valence-corrected chi connectivity index (χ3v) is 7.49. The van der Waals surface area contributed by atoms with E-state index in [1.54, 1.807) is 12.1 Å². The zero-order valence-electron chi connectivity index (χ0n) is 19.5. The van der Waals surface area contributed by atoms with Crippen molar-refractivity contribution in [3.05, 3.63) is 48.7 Å². The Balaban J connectivity index is 1.49. The Morgan fingerprint density at radius 2 is 1.61 bits per heavy atom. The molecule has 5 nitrogen and oxygen atoms in total. The minimum absolute atomic E-state index is 0.239. The Hall–Kier alpha value is -2.76. The van der Waals surface area contributed by atoms with E-state index in [9.17, 15) is 4.39 Å². The van der Waals surface area contributed by atoms with Gasteiger partial charge in [-0.25, -0.2) is 19.3 Å². The monoisotopic (exact) mass is 447 g/mol. The van der Waals surface area contributed by atoms with Crippen LogP contribution in [0, 0.1) is 11.7 Å². The Labute approximate surface area is 195 Å². The van der Waals surface area contributed by atoms with Crippen molar-refractivity contribution in [2.45, 2.75) is 83.2 Å². The number of hydrogen-bond donors (Lipinski definition) is 1. The molecule has 1 aromatic carbocycles. The summed E-state index contributed by atoms with van der Waals surface area (Å²) >= 11 is 0. The Bertz CT molecular complexity index is 1050. The van der Waals surface area contributed by atoms with E-state index in [0.717, 1.165) is 35.5 Å². The molecule has 33 heavy (non-hydrogen) atoms. The maximum Gasteiger partial charge on any atom is 0.223 e. The van der Waals surface area contributed by atoms with Gasteiger partial charge in [0.25, 0.3) is 0 Å². The number of nitrogens with zero attached hydrogens (tertiary/aromatic N) is 4. The van der Waals surface area contributed by atoms with E-state index in [1.165, 1.54) is 63.5 Å². The molecule has 0 aliphatic heterocycles. The summed E-state index contributed by atoms with van der Waals surface area (Å²) in [5.74, 6) is 1.11. The van der Waals surface area contributed by atoms with Crippen LogP contribution < -0.4 is 5.32 Å². The van der Waals surface area contributed by atoms with Crippen LogP contribution in [0.3, 0.4) is 0 Å². The standard InChI is InChI=1S/C27H34FN5/c1-19(20-8-4-2-5-9-20)31-27-29-17-16-24(32-27)26-25(21-12-14-22(28)15-13-21)30-18-33(26)23-10-6-3-7-11-23/h12-20,23H,2-11H2,1H3,(H,29,31,32)/t19-/m1/s1. The van der Waals surface area contributed by atoms with Crippen molar-refractivity contribution in [2.24, 2.45) is 5.92 Å². The molecule has 1 N–H and O–H groups in total. The van der Waals surface area contributed by atoms with Gasteiger partial charge in [0.1, 0.15) is 5.82 Å². The Morgan fingerprint density at radius 3 is 2.33 bits per heavy atom. The van der Waals surface area contributed by atoms with Crippen molar-refractivity contribution >= 4 is 5.95 Å². The summed E-state index contributed by atoms with van der Waals surface area (Å²) in [6.45, 7) is 2.25. The SMILES string of the molecule is C[C@@H](Nc1nccc(-c2c(-c3ccc(F)cc3)ncn2C2CCCCC2)n1)C1CCCCC1. The zero-order chi connectivity index (χ0) is 22.6. The molecule has 6 heteroatoms. The van der Waals surface area contributed by atoms with Gasteiger partial charge >= 0.3 is 0 Å². The highest BCUT2D eigenvalue weighted by Crippen LogP contribution is 2.37. The van der Waals surface area contributed by atoms with Crippen molar-refractivity contribution in [2.75, 3.05) is 5.32 Å². The van der Waals surface area contributed by atoms with Crippen LogP contribution in [0.1, 0.15) is 77.2 Å². The molecule has 0 saturated heterocycles. The van der Waals surface area contributed by atoms with Crippen LogP contribution in [0.4, 0.5) is 10.3 Å². The van der Waals surface area contributed by atoms with Crippen molar-refractivity contribution in [1.82, 2.24) is 19.5 Å². The minimum atomic E-state index is -0.239. The fourth-order valence-corrected chi connectivity index (χ4v) is 5.59. The van der Waals surface area contributed by atoms with E-state index in [0.29, 0.717) is 23.9 Å². The predicted octanol–water partition coefficient (Wildman–Crippen LogP) is 7.03. The molecule has 2 aliphatic rings. The quantitative estimate of drug-likeness (QED) is 0.441. The van der Waals surface area contributed by atoms with E-state index < -0.39 is 0 Å². The number of halogens is 1. The second-order valence-corrected chi connectivity index (χ2v) is 9.74. The van der Waals surface area contributed by atoms with Crippen LogP contribution >= 0.6 is 0 Å². The van der Waals surface area contributed by atoms with Gasteiger partial charge in [-0.1, -0.05) is 38.5 Å². The molecule has 2 heterocycles. The van der Waals surface area contributed by atoms with Gasteiger partial charge in [0, 0.05) is 23.8 Å². The summed E-state index contributed by atoms with van der Waals surface area (Å²) < 4.78 is 15.9. The van der Waals surface area contributed by atoms with Gasteiger partial charge in [0.2, 0.25) is 5.95 Å². The van der Waals surface area contributed by atoms with E-state index in [1.807, 2.05) is 18.6 Å². The van der Waals surface area contributed by atoms with Gasteiger partial charge in [-0.05, 0) is 68.9 Å². The fraction of sp³-hybridized carbons (Fsp3) is 0.519. The molecule has 174 valence electrons. The van der Waals surface area contributed by atoms with Crippen LogP contribution in [-0.4, -0.2) is 25.6 Å². The van der Waals surface area contributed by atoms with Crippen molar-refractivity contribution in [3.8, 4) is 22.6 Å². The maximum atomic E-state index is 13.6. The number of anilines is 1. The Morgan fingerprint density at radius 1 is 0.909 bits per heavy atom. The van der Waals surface area contributed by atoms with Gasteiger partial charge in [0.05, 0.1) is 23.4 Å². The second-order valence-electron chi connectivity index (χ2n) is 9.74. The molecule has 2 aromatic heterocycles. The highest BCUT2D eigenvalue weighted by Gasteiger charge is 2.24. The molecule has 0 amide bonds. The molecule has 0 unspecified atom stereocenters. The summed E-state index contributed by atoms with van der Waals surface area (Å²) in [5.41, 5.74) is 3.63. The molecule has 2 saturated carbocycles. The van der Waals surface area contributed by atoms with E-state index in [4.69, 9.17) is 9.97 Å². The third kappa shape index (κ3) is 4.94. The van der Waals surface area contributed by atoms with E-state index >= 15 is 0 Å². The number of rotatable bonds is 6. The molecule has 2 fully saturated rings. The summed E-state index contributed by atoms with van der Waals surface area (Å²) in [6.07, 6.45) is 16.4. The molecular weight excluding hydrogens is 413 g/mol. The van der Waals surface area contributed by atoms with Gasteiger partial charge < -0.3 is 9.88 Å².